The minimum Gasteiger partial charge on any atom is -0.491 e. The number of anilines is 3. The summed E-state index contributed by atoms with van der Waals surface area (Å²) in [7, 11) is 0. The Kier molecular flexibility index (Phi) is 7.63. The number of H-pyrrole nitrogens is 1. The van der Waals surface area contributed by atoms with E-state index in [1.165, 1.54) is 18.2 Å². The molecule has 0 bridgehead atoms. The fraction of sp³-hybridized carbons (Fsp3) is 0.400. The fourth-order valence-electron chi connectivity index (χ4n) is 4.14. The number of nitrogens with one attached hydrogen (secondary N) is 2. The number of benzene rings is 2. The average molecular weight is 553 g/mol. The Labute approximate surface area is 222 Å². The first-order chi connectivity index (χ1) is 17.8. The van der Waals surface area contributed by atoms with Gasteiger partial charge in [0, 0.05) is 17.8 Å². The number of carbonyl (C=O) groups is 1. The van der Waals surface area contributed by atoms with Crippen molar-refractivity contribution in [2.75, 3.05) is 24.2 Å². The smallest absolute Gasteiger partial charge is 0.417 e. The van der Waals surface area contributed by atoms with Gasteiger partial charge in [0.2, 0.25) is 11.9 Å². The maximum atomic E-state index is 14.0. The van der Waals surface area contributed by atoms with Crippen LogP contribution in [0.25, 0.3) is 11.1 Å². The van der Waals surface area contributed by atoms with Gasteiger partial charge in [-0.05, 0) is 63.4 Å². The van der Waals surface area contributed by atoms with Crippen molar-refractivity contribution in [1.82, 2.24) is 20.1 Å². The van der Waals surface area contributed by atoms with Gasteiger partial charge < -0.3 is 25.4 Å². The number of hydrogen-bond acceptors (Lipinski definition) is 7. The lowest BCUT2D eigenvalue weighted by Gasteiger charge is -2.28. The lowest BCUT2D eigenvalue weighted by Crippen LogP contribution is -2.42. The number of aromatic amines is 1. The van der Waals surface area contributed by atoms with Crippen LogP contribution >= 0.6 is 11.6 Å². The molecule has 1 atom stereocenters. The molecule has 1 aromatic heterocycles. The van der Waals surface area contributed by atoms with Crippen molar-refractivity contribution in [2.45, 2.75) is 51.4 Å². The molecule has 1 amide bonds. The summed E-state index contributed by atoms with van der Waals surface area (Å²) in [6.45, 7) is 6.23. The number of nitrogens with zero attached hydrogens (tertiary/aromatic N) is 3. The van der Waals surface area contributed by atoms with Gasteiger partial charge in [0.05, 0.1) is 16.6 Å². The Morgan fingerprint density at radius 3 is 2.55 bits per heavy atom. The van der Waals surface area contributed by atoms with E-state index in [1.807, 2.05) is 0 Å². The molecule has 1 aliphatic rings. The number of nitrogen functional groups attached to an aromatic ring is 1. The fourth-order valence-corrected chi connectivity index (χ4v) is 4.46. The minimum absolute atomic E-state index is 0.00781. The van der Waals surface area contributed by atoms with Gasteiger partial charge in [-0.3, -0.25) is 0 Å². The van der Waals surface area contributed by atoms with Crippen molar-refractivity contribution in [3.8, 4) is 16.9 Å². The molecule has 13 heteroatoms. The van der Waals surface area contributed by atoms with E-state index in [-0.39, 0.29) is 46.4 Å². The highest BCUT2D eigenvalue weighted by molar-refractivity contribution is 6.34. The Morgan fingerprint density at radius 1 is 1.24 bits per heavy atom. The maximum Gasteiger partial charge on any atom is 0.417 e. The molecule has 4 N–H and O–H groups in total. The predicted molar refractivity (Wildman–Crippen MR) is 137 cm³/mol. The van der Waals surface area contributed by atoms with Crippen molar-refractivity contribution in [3.63, 3.8) is 0 Å². The Bertz CT molecular complexity index is 1290. The van der Waals surface area contributed by atoms with Crippen molar-refractivity contribution in [3.05, 3.63) is 47.0 Å². The average Bonchev–Trinajstić information content (AvgIpc) is 3.45. The number of nitrogens with two attached hydrogens (primary N) is 1. The van der Waals surface area contributed by atoms with Crippen LogP contribution in [0, 0.1) is 0 Å². The standard InChI is InChI=1S/C25H28ClF3N6O3/c1-24(2,3)38-23(36)35-10-4-5-16(35)13-37-17-8-6-14(7-9-17)20-18(25(27,28)29)11-15(12-19(20)26)31-22-32-21(30)33-34-22/h6-9,11-12,16H,4-5,10,13H2,1-3H3,(H4,30,31,32,33,34)/t16-/m0/s1. The minimum atomic E-state index is -4.68. The lowest BCUT2D eigenvalue weighted by atomic mass is 9.98. The summed E-state index contributed by atoms with van der Waals surface area (Å²) < 4.78 is 53.3. The molecule has 0 saturated carbocycles. The molecule has 9 nitrogen and oxygen atoms in total. The number of likely N-dealkylation sites (tertiary alicyclic amines) is 1. The topological polar surface area (TPSA) is 118 Å². The summed E-state index contributed by atoms with van der Waals surface area (Å²) in [4.78, 5) is 18.0. The van der Waals surface area contributed by atoms with Gasteiger partial charge in [-0.15, -0.1) is 5.10 Å². The first-order valence-electron chi connectivity index (χ1n) is 11.9. The molecule has 0 aliphatic carbocycles. The number of aromatic nitrogens is 3. The van der Waals surface area contributed by atoms with Gasteiger partial charge in [0.15, 0.2) is 0 Å². The molecule has 1 saturated heterocycles. The van der Waals surface area contributed by atoms with E-state index in [4.69, 9.17) is 26.8 Å². The summed E-state index contributed by atoms with van der Waals surface area (Å²) in [5, 5.41) is 8.70. The number of carbonyl (C=O) groups excluding carboxylic acids is 1. The normalized spacial score (nSPS) is 16.0. The Hall–Kier alpha value is -3.67. The highest BCUT2D eigenvalue weighted by Gasteiger charge is 2.36. The largest absolute Gasteiger partial charge is 0.491 e. The molecule has 0 radical (unpaired) electrons. The Morgan fingerprint density at radius 2 is 1.95 bits per heavy atom. The molecule has 204 valence electrons. The number of alkyl halides is 3. The van der Waals surface area contributed by atoms with Crippen LogP contribution in [0.4, 0.5) is 35.5 Å². The molecule has 3 aromatic rings. The zero-order chi connectivity index (χ0) is 27.7. The lowest BCUT2D eigenvalue weighted by molar-refractivity contribution is -0.137. The molecule has 1 aliphatic heterocycles. The highest BCUT2D eigenvalue weighted by atomic mass is 35.5. The van der Waals surface area contributed by atoms with Crippen molar-refractivity contribution < 1.29 is 27.4 Å². The van der Waals surface area contributed by atoms with Gasteiger partial charge in [0.25, 0.3) is 0 Å². The molecule has 0 unspecified atom stereocenters. The third kappa shape index (κ3) is 6.60. The van der Waals surface area contributed by atoms with E-state index >= 15 is 0 Å². The van der Waals surface area contributed by atoms with Gasteiger partial charge in [-0.2, -0.15) is 18.2 Å². The van der Waals surface area contributed by atoms with Crippen LogP contribution in [-0.2, 0) is 10.9 Å². The van der Waals surface area contributed by atoms with E-state index in [1.54, 1.807) is 37.8 Å². The zero-order valence-corrected chi connectivity index (χ0v) is 21.8. The van der Waals surface area contributed by atoms with Crippen LogP contribution in [0.5, 0.6) is 5.75 Å². The molecule has 0 spiro atoms. The van der Waals surface area contributed by atoms with Crippen molar-refractivity contribution >= 4 is 35.3 Å². The molecule has 2 aromatic carbocycles. The number of amides is 1. The summed E-state index contributed by atoms with van der Waals surface area (Å²) in [5.41, 5.74) is 4.08. The first kappa shape index (κ1) is 27.4. The van der Waals surface area contributed by atoms with Gasteiger partial charge in [0.1, 0.15) is 18.0 Å². The number of hydrogen-bond donors (Lipinski definition) is 3. The van der Waals surface area contributed by atoms with Gasteiger partial charge >= 0.3 is 12.3 Å². The summed E-state index contributed by atoms with van der Waals surface area (Å²) in [6, 6.07) is 8.29. The second-order valence-electron chi connectivity index (χ2n) is 9.85. The quantitative estimate of drug-likeness (QED) is 0.331. The molecular formula is C25H28ClF3N6O3. The van der Waals surface area contributed by atoms with E-state index in [0.29, 0.717) is 12.3 Å². The second-order valence-corrected chi connectivity index (χ2v) is 10.3. The first-order valence-corrected chi connectivity index (χ1v) is 12.3. The molecular weight excluding hydrogens is 525 g/mol. The monoisotopic (exact) mass is 552 g/mol. The SMILES string of the molecule is CC(C)(C)OC(=O)N1CCC[C@H]1COc1ccc(-c2c(Cl)cc(Nc3n[nH]c(N)n3)cc2C(F)(F)F)cc1. The van der Waals surface area contributed by atoms with E-state index in [2.05, 4.69) is 20.5 Å². The number of halogens is 4. The van der Waals surface area contributed by atoms with Crippen LogP contribution in [0.3, 0.4) is 0 Å². The predicted octanol–water partition coefficient (Wildman–Crippen LogP) is 6.25. The van der Waals surface area contributed by atoms with Crippen LogP contribution < -0.4 is 15.8 Å². The van der Waals surface area contributed by atoms with Crippen LogP contribution in [0.15, 0.2) is 36.4 Å². The number of ether oxygens (including phenoxy) is 2. The number of rotatable bonds is 6. The van der Waals surface area contributed by atoms with Crippen molar-refractivity contribution in [1.29, 1.82) is 0 Å². The molecule has 2 heterocycles. The molecule has 38 heavy (non-hydrogen) atoms. The molecule has 1 fully saturated rings. The summed E-state index contributed by atoms with van der Waals surface area (Å²) in [5.74, 6) is 0.474. The van der Waals surface area contributed by atoms with Gasteiger partial charge in [-0.25, -0.2) is 9.89 Å². The van der Waals surface area contributed by atoms with Crippen LogP contribution in [-0.4, -0.2) is 51.0 Å². The third-order valence-electron chi connectivity index (χ3n) is 5.74. The van der Waals surface area contributed by atoms with E-state index in [9.17, 15) is 18.0 Å². The third-order valence-corrected chi connectivity index (χ3v) is 6.04. The van der Waals surface area contributed by atoms with Gasteiger partial charge in [-0.1, -0.05) is 23.7 Å². The highest BCUT2D eigenvalue weighted by Crippen LogP contribution is 2.43. The van der Waals surface area contributed by atoms with Crippen LogP contribution in [0.1, 0.15) is 39.2 Å². The Balaban J connectivity index is 1.50. The summed E-state index contributed by atoms with van der Waals surface area (Å²) >= 11 is 6.33. The summed E-state index contributed by atoms with van der Waals surface area (Å²) in [6.07, 6.45) is -3.47. The van der Waals surface area contributed by atoms with E-state index < -0.39 is 23.4 Å². The van der Waals surface area contributed by atoms with E-state index in [0.717, 1.165) is 18.9 Å². The second kappa shape index (κ2) is 10.6. The maximum absolute atomic E-state index is 14.0. The zero-order valence-electron chi connectivity index (χ0n) is 21.0. The molecule has 4 rings (SSSR count). The van der Waals surface area contributed by atoms with Crippen LogP contribution in [0.2, 0.25) is 5.02 Å². The van der Waals surface area contributed by atoms with Crippen molar-refractivity contribution in [2.24, 2.45) is 0 Å².